The van der Waals surface area contributed by atoms with E-state index in [1.807, 2.05) is 12.2 Å². The van der Waals surface area contributed by atoms with Gasteiger partial charge in [0, 0.05) is 13.1 Å². The number of carbonyl (C=O) groups excluding carboxylic acids is 2. The van der Waals surface area contributed by atoms with Crippen molar-refractivity contribution in [2.24, 2.45) is 0 Å². The van der Waals surface area contributed by atoms with Crippen LogP contribution < -0.4 is 0 Å². The zero-order valence-electron chi connectivity index (χ0n) is 14.3. The highest BCUT2D eigenvalue weighted by molar-refractivity contribution is 5.92. The molecular formula is C19H21NO5. The van der Waals surface area contributed by atoms with Crippen molar-refractivity contribution in [1.29, 1.82) is 0 Å². The first-order chi connectivity index (χ1) is 12.0. The summed E-state index contributed by atoms with van der Waals surface area (Å²) in [6, 6.07) is 6.86. The molecule has 0 radical (unpaired) electrons. The first-order valence-electron chi connectivity index (χ1n) is 7.79. The summed E-state index contributed by atoms with van der Waals surface area (Å²) in [6.45, 7) is 0.657. The Hall–Kier alpha value is -2.70. The average molecular weight is 343 g/mol. The number of carbonyl (C=O) groups is 2. The number of hydrogen-bond donors (Lipinski definition) is 1. The normalized spacial score (nSPS) is 13.8. The first kappa shape index (κ1) is 18.6. The number of methoxy groups -OCH3 is 2. The van der Waals surface area contributed by atoms with Crippen molar-refractivity contribution in [3.63, 3.8) is 0 Å². The highest BCUT2D eigenvalue weighted by Gasteiger charge is 2.11. The van der Waals surface area contributed by atoms with Crippen LogP contribution in [-0.4, -0.2) is 43.0 Å². The Morgan fingerprint density at radius 1 is 1.04 bits per heavy atom. The topological polar surface area (TPSA) is 76.1 Å². The summed E-state index contributed by atoms with van der Waals surface area (Å²) in [4.78, 5) is 22.9. The fraction of sp³-hybridized carbons (Fsp3) is 0.263. The third-order valence-corrected chi connectivity index (χ3v) is 3.72. The van der Waals surface area contributed by atoms with Crippen molar-refractivity contribution in [1.82, 2.24) is 5.06 Å². The van der Waals surface area contributed by atoms with Crippen LogP contribution in [0.3, 0.4) is 0 Å². The van der Waals surface area contributed by atoms with Gasteiger partial charge in [0.05, 0.1) is 25.4 Å². The molecule has 0 fully saturated rings. The fourth-order valence-corrected chi connectivity index (χ4v) is 2.40. The van der Waals surface area contributed by atoms with Crippen molar-refractivity contribution < 1.29 is 24.3 Å². The molecule has 0 unspecified atom stereocenters. The number of benzene rings is 1. The van der Waals surface area contributed by atoms with Gasteiger partial charge in [-0.15, -0.1) is 0 Å². The highest BCUT2D eigenvalue weighted by Crippen LogP contribution is 2.15. The van der Waals surface area contributed by atoms with Crippen molar-refractivity contribution in [2.45, 2.75) is 13.0 Å². The van der Waals surface area contributed by atoms with Gasteiger partial charge in [0.15, 0.2) is 0 Å². The average Bonchev–Trinajstić information content (AvgIpc) is 2.86. The molecule has 1 aromatic rings. The number of nitrogens with zero attached hydrogens (tertiary/aromatic N) is 1. The molecule has 6 heteroatoms. The van der Waals surface area contributed by atoms with E-state index in [-0.39, 0.29) is 5.97 Å². The van der Waals surface area contributed by atoms with Crippen LogP contribution in [0, 0.1) is 0 Å². The van der Waals surface area contributed by atoms with Crippen LogP contribution >= 0.6 is 0 Å². The Morgan fingerprint density at radius 3 is 2.36 bits per heavy atom. The number of hydrogen-bond acceptors (Lipinski definition) is 6. The molecule has 0 bridgehead atoms. The summed E-state index contributed by atoms with van der Waals surface area (Å²) in [6.07, 6.45) is 7.71. The molecule has 25 heavy (non-hydrogen) atoms. The minimum Gasteiger partial charge on any atom is -0.465 e. The largest absolute Gasteiger partial charge is 0.465 e. The zero-order valence-corrected chi connectivity index (χ0v) is 14.3. The molecule has 0 aliphatic heterocycles. The van der Waals surface area contributed by atoms with Gasteiger partial charge in [-0.2, -0.15) is 5.06 Å². The summed E-state index contributed by atoms with van der Waals surface area (Å²) in [5.41, 5.74) is 2.77. The molecule has 1 aliphatic rings. The Labute approximate surface area is 146 Å². The second-order valence-corrected chi connectivity index (χ2v) is 5.56. The van der Waals surface area contributed by atoms with Gasteiger partial charge < -0.3 is 14.7 Å². The monoisotopic (exact) mass is 343 g/mol. The molecule has 1 N–H and O–H groups in total. The van der Waals surface area contributed by atoms with Crippen LogP contribution in [-0.2, 0) is 20.8 Å². The van der Waals surface area contributed by atoms with E-state index in [0.29, 0.717) is 30.6 Å². The van der Waals surface area contributed by atoms with Crippen molar-refractivity contribution in [2.75, 3.05) is 20.8 Å². The third kappa shape index (κ3) is 5.41. The van der Waals surface area contributed by atoms with Gasteiger partial charge in [-0.05, 0) is 35.8 Å². The van der Waals surface area contributed by atoms with Crippen LogP contribution in [0.25, 0.3) is 0 Å². The lowest BCUT2D eigenvalue weighted by Crippen LogP contribution is -2.21. The lowest BCUT2D eigenvalue weighted by Gasteiger charge is -2.16. The quantitative estimate of drug-likeness (QED) is 0.632. The number of esters is 2. The van der Waals surface area contributed by atoms with Crippen molar-refractivity contribution in [3.05, 3.63) is 70.8 Å². The van der Waals surface area contributed by atoms with Gasteiger partial charge in [-0.25, -0.2) is 9.59 Å². The molecule has 0 saturated carbocycles. The van der Waals surface area contributed by atoms with Gasteiger partial charge in [0.2, 0.25) is 0 Å². The second-order valence-electron chi connectivity index (χ2n) is 5.56. The Morgan fingerprint density at radius 2 is 1.72 bits per heavy atom. The number of ether oxygens (including phenoxy) is 2. The maximum atomic E-state index is 11.5. The SMILES string of the molecule is COC(=O)C1=CC=C(CN(O)Cc2ccc(C(=O)OC)cc2)CC=C1. The molecule has 0 atom stereocenters. The maximum Gasteiger partial charge on any atom is 0.337 e. The number of hydroxylamine groups is 2. The van der Waals surface area contributed by atoms with E-state index in [4.69, 9.17) is 4.74 Å². The van der Waals surface area contributed by atoms with E-state index in [2.05, 4.69) is 4.74 Å². The molecule has 0 heterocycles. The summed E-state index contributed by atoms with van der Waals surface area (Å²) in [5.74, 6) is -0.781. The molecule has 2 rings (SSSR count). The lowest BCUT2D eigenvalue weighted by atomic mass is 10.1. The predicted molar refractivity (Wildman–Crippen MR) is 91.9 cm³/mol. The van der Waals surface area contributed by atoms with Crippen LogP contribution in [0.1, 0.15) is 22.3 Å². The summed E-state index contributed by atoms with van der Waals surface area (Å²) < 4.78 is 9.35. The third-order valence-electron chi connectivity index (χ3n) is 3.72. The van der Waals surface area contributed by atoms with Crippen molar-refractivity contribution >= 4 is 11.9 Å². The molecular weight excluding hydrogens is 322 g/mol. The van der Waals surface area contributed by atoms with E-state index in [1.165, 1.54) is 19.3 Å². The molecule has 1 aliphatic carbocycles. The maximum absolute atomic E-state index is 11.5. The number of allylic oxidation sites excluding steroid dienone is 3. The summed E-state index contributed by atoms with van der Waals surface area (Å²) >= 11 is 0. The molecule has 1 aromatic carbocycles. The zero-order chi connectivity index (χ0) is 18.2. The first-order valence-corrected chi connectivity index (χ1v) is 7.79. The summed E-state index contributed by atoms with van der Waals surface area (Å²) in [7, 11) is 2.67. The fourth-order valence-electron chi connectivity index (χ4n) is 2.40. The number of rotatable bonds is 6. The predicted octanol–water partition coefficient (Wildman–Crippen LogP) is 2.65. The molecule has 0 aromatic heterocycles. The van der Waals surface area contributed by atoms with E-state index in [0.717, 1.165) is 11.1 Å². The van der Waals surface area contributed by atoms with Gasteiger partial charge in [0.25, 0.3) is 0 Å². The summed E-state index contributed by atoms with van der Waals surface area (Å²) in [5, 5.41) is 11.3. The van der Waals surface area contributed by atoms with E-state index in [9.17, 15) is 14.8 Å². The Bertz CT molecular complexity index is 716. The van der Waals surface area contributed by atoms with E-state index < -0.39 is 5.97 Å². The second kappa shape index (κ2) is 8.96. The molecule has 6 nitrogen and oxygen atoms in total. The van der Waals surface area contributed by atoms with E-state index in [1.54, 1.807) is 36.4 Å². The standard InChI is InChI=1S/C19H21NO5/c1-24-18(21)16-5-3-4-14(6-9-16)12-20(23)13-15-7-10-17(11-8-15)19(22)25-2/h3,5-11,23H,4,12-13H2,1-2H3. The van der Waals surface area contributed by atoms with Gasteiger partial charge in [-0.3, -0.25) is 0 Å². The molecule has 0 spiro atoms. The Balaban J connectivity index is 1.96. The Kier molecular flexibility index (Phi) is 6.68. The highest BCUT2D eigenvalue weighted by atomic mass is 16.5. The van der Waals surface area contributed by atoms with Crippen LogP contribution in [0.15, 0.2) is 59.7 Å². The van der Waals surface area contributed by atoms with Crippen LogP contribution in [0.5, 0.6) is 0 Å². The van der Waals surface area contributed by atoms with Gasteiger partial charge >= 0.3 is 11.9 Å². The van der Waals surface area contributed by atoms with Crippen molar-refractivity contribution in [3.8, 4) is 0 Å². The van der Waals surface area contributed by atoms with Gasteiger partial charge in [0.1, 0.15) is 0 Å². The van der Waals surface area contributed by atoms with Gasteiger partial charge in [-0.1, -0.05) is 30.4 Å². The molecule has 0 amide bonds. The molecule has 0 saturated heterocycles. The van der Waals surface area contributed by atoms with E-state index >= 15 is 0 Å². The molecule has 132 valence electrons. The minimum absolute atomic E-state index is 0.316. The van der Waals surface area contributed by atoms with Crippen LogP contribution in [0.2, 0.25) is 0 Å². The smallest absolute Gasteiger partial charge is 0.337 e. The lowest BCUT2D eigenvalue weighted by molar-refractivity contribution is -0.135. The minimum atomic E-state index is -0.393. The van der Waals surface area contributed by atoms with Crippen LogP contribution in [0.4, 0.5) is 0 Å².